The van der Waals surface area contributed by atoms with Gasteiger partial charge in [-0.3, -0.25) is 9.69 Å². The number of nitrogens with one attached hydrogen (secondary N) is 1. The molecule has 1 N–H and O–H groups in total. The van der Waals surface area contributed by atoms with Gasteiger partial charge >= 0.3 is 0 Å². The number of ether oxygens (including phenoxy) is 5. The third-order valence-electron chi connectivity index (χ3n) is 6.34. The molecule has 1 saturated heterocycles. The summed E-state index contributed by atoms with van der Waals surface area (Å²) in [5.41, 5.74) is 3.08. The van der Waals surface area contributed by atoms with Crippen LogP contribution in [0.4, 0.5) is 0 Å². The largest absolute Gasteiger partial charge is 0.496 e. The zero-order valence-electron chi connectivity index (χ0n) is 23.9. The molecule has 1 heterocycles. The summed E-state index contributed by atoms with van der Waals surface area (Å²) >= 11 is 5.50. The van der Waals surface area contributed by atoms with Crippen LogP contribution in [0.25, 0.3) is 6.08 Å². The predicted octanol–water partition coefficient (Wildman–Crippen LogP) is 5.77. The fourth-order valence-electron chi connectivity index (χ4n) is 4.43. The number of amides is 1. The van der Waals surface area contributed by atoms with Crippen molar-refractivity contribution >= 4 is 29.3 Å². The molecule has 3 aromatic rings. The van der Waals surface area contributed by atoms with Gasteiger partial charge in [-0.2, -0.15) is 0 Å². The second kappa shape index (κ2) is 14.4. The van der Waals surface area contributed by atoms with E-state index in [4.69, 9.17) is 35.9 Å². The number of nitrogens with zero attached hydrogens (tertiary/aromatic N) is 1. The first-order valence-corrected chi connectivity index (χ1v) is 14.1. The van der Waals surface area contributed by atoms with Crippen molar-refractivity contribution in [2.75, 3.05) is 33.5 Å². The number of rotatable bonds is 14. The molecule has 1 fully saturated rings. The van der Waals surface area contributed by atoms with Crippen LogP contribution in [-0.4, -0.2) is 49.4 Å². The Labute approximate surface area is 246 Å². The fourth-order valence-corrected chi connectivity index (χ4v) is 4.72. The summed E-state index contributed by atoms with van der Waals surface area (Å²) in [7, 11) is 1.62. The Morgan fingerprint density at radius 2 is 1.44 bits per heavy atom. The van der Waals surface area contributed by atoms with E-state index in [0.29, 0.717) is 72.3 Å². The van der Waals surface area contributed by atoms with Crippen LogP contribution >= 0.6 is 12.2 Å². The van der Waals surface area contributed by atoms with Crippen LogP contribution in [0.2, 0.25) is 0 Å². The minimum Gasteiger partial charge on any atom is -0.496 e. The molecule has 1 amide bonds. The Morgan fingerprint density at radius 1 is 0.805 bits per heavy atom. The molecule has 0 atom stereocenters. The van der Waals surface area contributed by atoms with E-state index in [1.54, 1.807) is 18.1 Å². The molecule has 0 radical (unpaired) electrons. The smallest absolute Gasteiger partial charge is 0.276 e. The molecule has 8 nitrogen and oxygen atoms in total. The Morgan fingerprint density at radius 3 is 2.12 bits per heavy atom. The molecule has 9 heteroatoms. The number of carbonyl (C=O) groups is 1. The lowest BCUT2D eigenvalue weighted by atomic mass is 10.1. The average molecular weight is 577 g/mol. The molecule has 41 heavy (non-hydrogen) atoms. The first-order valence-electron chi connectivity index (χ1n) is 13.7. The van der Waals surface area contributed by atoms with Crippen molar-refractivity contribution in [2.45, 2.75) is 33.8 Å². The van der Waals surface area contributed by atoms with Gasteiger partial charge in [-0.25, -0.2) is 0 Å². The standard InChI is InChI=1S/C32H36N2O6S/c1-5-37-27-10-8-9-11-28(27)40-21-24-18-23(13-14-26(24)36-4)19-25-31(35)34(32(41)33-25)17-16-22-12-15-29(38-6-2)30(20-22)39-7-3/h8-15,18-20H,5-7,16-17,21H2,1-4H3,(H,33,41)/b25-19+. The SMILES string of the molecule is CCOc1ccc(CCN2C(=O)/C(=C\c3ccc(OC)c(COc4ccccc4OCC)c3)NC2=S)cc1OCC. The molecule has 0 spiro atoms. The lowest BCUT2D eigenvalue weighted by molar-refractivity contribution is -0.122. The number of carbonyl (C=O) groups excluding carboxylic acids is 1. The van der Waals surface area contributed by atoms with E-state index in [9.17, 15) is 4.79 Å². The minimum absolute atomic E-state index is 0.176. The molecule has 3 aromatic carbocycles. The van der Waals surface area contributed by atoms with Crippen LogP contribution in [0.3, 0.4) is 0 Å². The summed E-state index contributed by atoms with van der Waals surface area (Å²) in [4.78, 5) is 14.8. The van der Waals surface area contributed by atoms with E-state index in [2.05, 4.69) is 5.32 Å². The number of benzene rings is 3. The van der Waals surface area contributed by atoms with Gasteiger partial charge in [0.2, 0.25) is 0 Å². The number of hydrogen-bond acceptors (Lipinski definition) is 7. The summed E-state index contributed by atoms with van der Waals surface area (Å²) in [5, 5.41) is 3.45. The molecule has 1 aliphatic heterocycles. The highest BCUT2D eigenvalue weighted by atomic mass is 32.1. The number of hydrogen-bond donors (Lipinski definition) is 1. The molecule has 0 aromatic heterocycles. The van der Waals surface area contributed by atoms with Crippen LogP contribution in [0.15, 0.2) is 66.4 Å². The van der Waals surface area contributed by atoms with E-state index in [1.807, 2.05) is 81.4 Å². The van der Waals surface area contributed by atoms with E-state index >= 15 is 0 Å². The fraction of sp³-hybridized carbons (Fsp3) is 0.312. The highest BCUT2D eigenvalue weighted by molar-refractivity contribution is 7.80. The Hall–Kier alpha value is -4.24. The molecule has 0 unspecified atom stereocenters. The van der Waals surface area contributed by atoms with Gasteiger partial charge in [0, 0.05) is 12.1 Å². The summed E-state index contributed by atoms with van der Waals surface area (Å²) in [6.07, 6.45) is 2.40. The summed E-state index contributed by atoms with van der Waals surface area (Å²) in [5.74, 6) is 3.24. The highest BCUT2D eigenvalue weighted by Gasteiger charge is 2.30. The second-order valence-corrected chi connectivity index (χ2v) is 9.47. The van der Waals surface area contributed by atoms with Crippen LogP contribution in [0, 0.1) is 0 Å². The van der Waals surface area contributed by atoms with Gasteiger partial charge in [0.15, 0.2) is 28.1 Å². The quantitative estimate of drug-likeness (QED) is 0.191. The Kier molecular flexibility index (Phi) is 10.5. The monoisotopic (exact) mass is 576 g/mol. The maximum atomic E-state index is 13.3. The molecule has 1 aliphatic rings. The summed E-state index contributed by atoms with van der Waals surface area (Å²) in [6, 6.07) is 19.1. The van der Waals surface area contributed by atoms with Gasteiger partial charge in [0.1, 0.15) is 18.1 Å². The summed E-state index contributed by atoms with van der Waals surface area (Å²) in [6.45, 7) is 8.14. The third-order valence-corrected chi connectivity index (χ3v) is 6.66. The number of thiocarbonyl (C=S) groups is 1. The lowest BCUT2D eigenvalue weighted by Crippen LogP contribution is -2.32. The number of methoxy groups -OCH3 is 1. The molecule has 0 saturated carbocycles. The van der Waals surface area contributed by atoms with E-state index in [1.165, 1.54) is 0 Å². The lowest BCUT2D eigenvalue weighted by Gasteiger charge is -2.16. The normalized spacial score (nSPS) is 13.8. The topological polar surface area (TPSA) is 78.5 Å². The Bertz CT molecular complexity index is 1410. The van der Waals surface area contributed by atoms with Crippen LogP contribution < -0.4 is 29.0 Å². The molecule has 4 rings (SSSR count). The van der Waals surface area contributed by atoms with Crippen LogP contribution in [0.5, 0.6) is 28.7 Å². The Balaban J connectivity index is 1.45. The highest BCUT2D eigenvalue weighted by Crippen LogP contribution is 2.30. The van der Waals surface area contributed by atoms with Gasteiger partial charge in [0.05, 0.1) is 26.9 Å². The molecule has 216 valence electrons. The third kappa shape index (κ3) is 7.49. The van der Waals surface area contributed by atoms with Gasteiger partial charge in [-0.1, -0.05) is 24.3 Å². The zero-order valence-corrected chi connectivity index (χ0v) is 24.7. The predicted molar refractivity (Wildman–Crippen MR) is 163 cm³/mol. The van der Waals surface area contributed by atoms with Gasteiger partial charge in [0.25, 0.3) is 5.91 Å². The van der Waals surface area contributed by atoms with Crippen molar-refractivity contribution in [3.8, 4) is 28.7 Å². The van der Waals surface area contributed by atoms with Crippen molar-refractivity contribution in [1.29, 1.82) is 0 Å². The van der Waals surface area contributed by atoms with Crippen molar-refractivity contribution in [3.63, 3.8) is 0 Å². The summed E-state index contributed by atoms with van der Waals surface area (Å²) < 4.78 is 28.7. The first kappa shape index (κ1) is 29.7. The first-order chi connectivity index (χ1) is 20.0. The van der Waals surface area contributed by atoms with E-state index in [-0.39, 0.29) is 12.5 Å². The molecule has 0 bridgehead atoms. The van der Waals surface area contributed by atoms with Crippen molar-refractivity contribution in [1.82, 2.24) is 10.2 Å². The van der Waals surface area contributed by atoms with Crippen molar-refractivity contribution in [2.24, 2.45) is 0 Å². The second-order valence-electron chi connectivity index (χ2n) is 9.08. The maximum absolute atomic E-state index is 13.3. The maximum Gasteiger partial charge on any atom is 0.276 e. The minimum atomic E-state index is -0.176. The van der Waals surface area contributed by atoms with Crippen molar-refractivity contribution < 1.29 is 28.5 Å². The molecule has 0 aliphatic carbocycles. The van der Waals surface area contributed by atoms with E-state index < -0.39 is 0 Å². The van der Waals surface area contributed by atoms with E-state index in [0.717, 1.165) is 16.7 Å². The zero-order chi connectivity index (χ0) is 29.2. The average Bonchev–Trinajstić information content (AvgIpc) is 3.24. The van der Waals surface area contributed by atoms with Gasteiger partial charge in [-0.15, -0.1) is 0 Å². The van der Waals surface area contributed by atoms with Crippen LogP contribution in [-0.2, 0) is 17.8 Å². The molecular formula is C32H36N2O6S. The van der Waals surface area contributed by atoms with Crippen LogP contribution in [0.1, 0.15) is 37.5 Å². The van der Waals surface area contributed by atoms with Crippen molar-refractivity contribution in [3.05, 3.63) is 83.1 Å². The van der Waals surface area contributed by atoms with Gasteiger partial charge < -0.3 is 29.0 Å². The number of para-hydroxylation sites is 2. The molecular weight excluding hydrogens is 540 g/mol. The van der Waals surface area contributed by atoms with Gasteiger partial charge in [-0.05, 0) is 93.0 Å².